The molecule has 1 N–H and O–H groups in total. The fraction of sp³-hybridized carbons (Fsp3) is 0.375. The van der Waals surface area contributed by atoms with E-state index in [4.69, 9.17) is 21.1 Å². The van der Waals surface area contributed by atoms with E-state index in [1.165, 1.54) is 13.2 Å². The molecule has 22 heavy (non-hydrogen) atoms. The number of amides is 1. The SMILES string of the molecule is COc1ccc(Cl)cc1/C=C(\C#N)C(=O)NC[C@@H]1CCCO1. The van der Waals surface area contributed by atoms with Crippen LogP contribution in [0.4, 0.5) is 0 Å². The van der Waals surface area contributed by atoms with Gasteiger partial charge in [-0.15, -0.1) is 0 Å². The third-order valence-electron chi connectivity index (χ3n) is 3.37. The molecular formula is C16H17ClN2O3. The van der Waals surface area contributed by atoms with Crippen LogP contribution in [-0.4, -0.2) is 32.3 Å². The Hall–Kier alpha value is -2.03. The molecule has 1 saturated heterocycles. The van der Waals surface area contributed by atoms with E-state index in [-0.39, 0.29) is 11.7 Å². The number of benzene rings is 1. The Balaban J connectivity index is 2.11. The summed E-state index contributed by atoms with van der Waals surface area (Å²) in [6.07, 6.45) is 3.43. The molecular weight excluding hydrogens is 304 g/mol. The largest absolute Gasteiger partial charge is 0.496 e. The van der Waals surface area contributed by atoms with Gasteiger partial charge in [0.15, 0.2) is 0 Å². The summed E-state index contributed by atoms with van der Waals surface area (Å²) >= 11 is 5.94. The van der Waals surface area contributed by atoms with Crippen molar-refractivity contribution in [2.45, 2.75) is 18.9 Å². The third kappa shape index (κ3) is 4.23. The predicted octanol–water partition coefficient (Wildman–Crippen LogP) is 2.55. The highest BCUT2D eigenvalue weighted by Crippen LogP contribution is 2.25. The molecule has 1 aliphatic rings. The molecule has 2 rings (SSSR count). The highest BCUT2D eigenvalue weighted by Gasteiger charge is 2.18. The fourth-order valence-electron chi connectivity index (χ4n) is 2.23. The zero-order valence-corrected chi connectivity index (χ0v) is 13.0. The van der Waals surface area contributed by atoms with Crippen molar-refractivity contribution in [2.75, 3.05) is 20.3 Å². The van der Waals surface area contributed by atoms with E-state index in [0.29, 0.717) is 22.9 Å². The summed E-state index contributed by atoms with van der Waals surface area (Å²) in [5, 5.41) is 12.4. The summed E-state index contributed by atoms with van der Waals surface area (Å²) in [6.45, 7) is 1.13. The predicted molar refractivity (Wildman–Crippen MR) is 83.6 cm³/mol. The monoisotopic (exact) mass is 320 g/mol. The molecule has 0 spiro atoms. The van der Waals surface area contributed by atoms with Gasteiger partial charge >= 0.3 is 0 Å². The molecule has 1 amide bonds. The van der Waals surface area contributed by atoms with Crippen LogP contribution >= 0.6 is 11.6 Å². The van der Waals surface area contributed by atoms with Gasteiger partial charge in [0, 0.05) is 23.7 Å². The molecule has 116 valence electrons. The quantitative estimate of drug-likeness (QED) is 0.668. The molecule has 1 fully saturated rings. The molecule has 1 aromatic rings. The normalized spacial score (nSPS) is 17.9. The van der Waals surface area contributed by atoms with Crippen molar-refractivity contribution < 1.29 is 14.3 Å². The zero-order chi connectivity index (χ0) is 15.9. The second kappa shape index (κ2) is 7.83. The van der Waals surface area contributed by atoms with Gasteiger partial charge in [0.2, 0.25) is 0 Å². The topological polar surface area (TPSA) is 71.3 Å². The molecule has 6 heteroatoms. The Morgan fingerprint density at radius 3 is 3.09 bits per heavy atom. The maximum Gasteiger partial charge on any atom is 0.262 e. The molecule has 1 aromatic carbocycles. The van der Waals surface area contributed by atoms with E-state index < -0.39 is 5.91 Å². The first kappa shape index (κ1) is 16.3. The Kier molecular flexibility index (Phi) is 5.82. The van der Waals surface area contributed by atoms with E-state index in [0.717, 1.165) is 19.4 Å². The first-order valence-electron chi connectivity index (χ1n) is 6.99. The van der Waals surface area contributed by atoms with Gasteiger partial charge in [-0.05, 0) is 37.1 Å². The van der Waals surface area contributed by atoms with Gasteiger partial charge in [0.25, 0.3) is 5.91 Å². The molecule has 0 bridgehead atoms. The van der Waals surface area contributed by atoms with Crippen LogP contribution in [0.1, 0.15) is 18.4 Å². The number of nitrogens with zero attached hydrogens (tertiary/aromatic N) is 1. The Morgan fingerprint density at radius 1 is 1.64 bits per heavy atom. The van der Waals surface area contributed by atoms with Crippen molar-refractivity contribution in [2.24, 2.45) is 0 Å². The lowest BCUT2D eigenvalue weighted by molar-refractivity contribution is -0.117. The number of carbonyl (C=O) groups is 1. The lowest BCUT2D eigenvalue weighted by Crippen LogP contribution is -2.32. The molecule has 0 radical (unpaired) electrons. The second-order valence-electron chi connectivity index (χ2n) is 4.90. The van der Waals surface area contributed by atoms with Crippen molar-refractivity contribution in [1.29, 1.82) is 5.26 Å². The van der Waals surface area contributed by atoms with Gasteiger partial charge in [-0.1, -0.05) is 11.6 Å². The summed E-state index contributed by atoms with van der Waals surface area (Å²) in [5.41, 5.74) is 0.581. The van der Waals surface area contributed by atoms with Crippen molar-refractivity contribution in [3.05, 3.63) is 34.4 Å². The molecule has 1 heterocycles. The van der Waals surface area contributed by atoms with Crippen molar-refractivity contribution in [3.63, 3.8) is 0 Å². The Bertz CT molecular complexity index is 616. The maximum atomic E-state index is 12.1. The smallest absolute Gasteiger partial charge is 0.262 e. The van der Waals surface area contributed by atoms with E-state index >= 15 is 0 Å². The van der Waals surface area contributed by atoms with Crippen molar-refractivity contribution >= 4 is 23.6 Å². The fourth-order valence-corrected chi connectivity index (χ4v) is 2.41. The van der Waals surface area contributed by atoms with Gasteiger partial charge in [-0.3, -0.25) is 4.79 Å². The number of halogens is 1. The number of rotatable bonds is 5. The average Bonchev–Trinajstić information content (AvgIpc) is 3.04. The summed E-state index contributed by atoms with van der Waals surface area (Å²) in [5.74, 6) is 0.115. The molecule has 0 unspecified atom stereocenters. The molecule has 0 saturated carbocycles. The van der Waals surface area contributed by atoms with Gasteiger partial charge < -0.3 is 14.8 Å². The van der Waals surface area contributed by atoms with Gasteiger partial charge in [0.1, 0.15) is 17.4 Å². The number of methoxy groups -OCH3 is 1. The summed E-state index contributed by atoms with van der Waals surface area (Å²) in [4.78, 5) is 12.1. The summed E-state index contributed by atoms with van der Waals surface area (Å²) in [7, 11) is 1.52. The second-order valence-corrected chi connectivity index (χ2v) is 5.34. The highest BCUT2D eigenvalue weighted by molar-refractivity contribution is 6.30. The molecule has 5 nitrogen and oxygen atoms in total. The minimum absolute atomic E-state index is 0.00133. The van der Waals surface area contributed by atoms with Crippen molar-refractivity contribution in [3.8, 4) is 11.8 Å². The van der Waals surface area contributed by atoms with Crippen LogP contribution in [0.25, 0.3) is 6.08 Å². The summed E-state index contributed by atoms with van der Waals surface area (Å²) in [6, 6.07) is 6.92. The van der Waals surface area contributed by atoms with Gasteiger partial charge in [-0.25, -0.2) is 0 Å². The Labute approximate surface area is 134 Å². The number of carbonyl (C=O) groups excluding carboxylic acids is 1. The molecule has 1 aliphatic heterocycles. The van der Waals surface area contributed by atoms with Gasteiger partial charge in [-0.2, -0.15) is 5.26 Å². The highest BCUT2D eigenvalue weighted by atomic mass is 35.5. The Morgan fingerprint density at radius 2 is 2.45 bits per heavy atom. The van der Waals surface area contributed by atoms with Crippen LogP contribution in [0.5, 0.6) is 5.75 Å². The number of hydrogen-bond donors (Lipinski definition) is 1. The van der Waals surface area contributed by atoms with E-state index in [2.05, 4.69) is 5.32 Å². The maximum absolute atomic E-state index is 12.1. The average molecular weight is 321 g/mol. The zero-order valence-electron chi connectivity index (χ0n) is 12.3. The number of nitriles is 1. The van der Waals surface area contributed by atoms with E-state index in [9.17, 15) is 10.1 Å². The van der Waals surface area contributed by atoms with Crippen LogP contribution in [-0.2, 0) is 9.53 Å². The van der Waals surface area contributed by atoms with E-state index in [1.807, 2.05) is 6.07 Å². The van der Waals surface area contributed by atoms with Crippen LogP contribution in [0.3, 0.4) is 0 Å². The number of ether oxygens (including phenoxy) is 2. The molecule has 1 atom stereocenters. The van der Waals surface area contributed by atoms with Crippen LogP contribution in [0.2, 0.25) is 5.02 Å². The minimum Gasteiger partial charge on any atom is -0.496 e. The van der Waals surface area contributed by atoms with Crippen LogP contribution < -0.4 is 10.1 Å². The first-order valence-corrected chi connectivity index (χ1v) is 7.37. The summed E-state index contributed by atoms with van der Waals surface area (Å²) < 4.78 is 10.6. The van der Waals surface area contributed by atoms with Gasteiger partial charge in [0.05, 0.1) is 13.2 Å². The van der Waals surface area contributed by atoms with Crippen molar-refractivity contribution in [1.82, 2.24) is 5.32 Å². The van der Waals surface area contributed by atoms with Crippen LogP contribution in [0, 0.1) is 11.3 Å². The minimum atomic E-state index is -0.431. The lowest BCUT2D eigenvalue weighted by atomic mass is 10.1. The number of nitrogens with one attached hydrogen (secondary N) is 1. The van der Waals surface area contributed by atoms with E-state index in [1.54, 1.807) is 18.2 Å². The number of hydrogen-bond acceptors (Lipinski definition) is 4. The third-order valence-corrected chi connectivity index (χ3v) is 3.61. The first-order chi connectivity index (χ1) is 10.6. The molecule has 0 aromatic heterocycles. The standard InChI is InChI=1S/C16H17ClN2O3/c1-21-15-5-4-13(17)8-11(15)7-12(9-18)16(20)19-10-14-3-2-6-22-14/h4-5,7-8,14H,2-3,6,10H2,1H3,(H,19,20)/b12-7+/t14-/m0/s1. The van der Waals surface area contributed by atoms with Crippen LogP contribution in [0.15, 0.2) is 23.8 Å². The molecule has 0 aliphatic carbocycles. The lowest BCUT2D eigenvalue weighted by Gasteiger charge is -2.10.